The molecule has 0 bridgehead atoms. The summed E-state index contributed by atoms with van der Waals surface area (Å²) in [4.78, 5) is 4.36. The summed E-state index contributed by atoms with van der Waals surface area (Å²) < 4.78 is 19.3. The first kappa shape index (κ1) is 13.7. The Hall–Kier alpha value is -1.30. The van der Waals surface area contributed by atoms with E-state index >= 15 is 0 Å². The Bertz CT molecular complexity index is 545. The quantitative estimate of drug-likeness (QED) is 0.656. The zero-order valence-electron chi connectivity index (χ0n) is 11.0. The Kier molecular flexibility index (Phi) is 3.83. The van der Waals surface area contributed by atoms with Crippen molar-refractivity contribution in [3.63, 3.8) is 0 Å². The Labute approximate surface area is 125 Å². The normalized spacial score (nSPS) is 22.1. The SMILES string of the molecule is NC(=NCC1CCC1)NC1COc2cc(F)c(Br)cc21. The molecule has 0 aromatic heterocycles. The molecule has 1 fully saturated rings. The van der Waals surface area contributed by atoms with E-state index in [1.807, 2.05) is 0 Å². The Morgan fingerprint density at radius 3 is 3.00 bits per heavy atom. The molecule has 2 aliphatic rings. The molecule has 0 radical (unpaired) electrons. The van der Waals surface area contributed by atoms with Gasteiger partial charge >= 0.3 is 0 Å². The predicted molar refractivity (Wildman–Crippen MR) is 79.3 cm³/mol. The van der Waals surface area contributed by atoms with Crippen LogP contribution in [0.3, 0.4) is 0 Å². The van der Waals surface area contributed by atoms with Crippen LogP contribution in [0, 0.1) is 11.7 Å². The number of nitrogens with two attached hydrogens (primary N) is 1. The van der Waals surface area contributed by atoms with Crippen molar-refractivity contribution in [2.45, 2.75) is 25.3 Å². The lowest BCUT2D eigenvalue weighted by molar-refractivity contribution is 0.320. The number of guanidine groups is 1. The lowest BCUT2D eigenvalue weighted by Crippen LogP contribution is -2.36. The van der Waals surface area contributed by atoms with Gasteiger partial charge in [-0.1, -0.05) is 6.42 Å². The van der Waals surface area contributed by atoms with E-state index in [4.69, 9.17) is 10.5 Å². The molecule has 0 spiro atoms. The number of nitrogens with zero attached hydrogens (tertiary/aromatic N) is 1. The zero-order chi connectivity index (χ0) is 14.1. The van der Waals surface area contributed by atoms with Crippen LogP contribution in [-0.2, 0) is 0 Å². The van der Waals surface area contributed by atoms with Gasteiger partial charge in [0.2, 0.25) is 0 Å². The molecule has 1 heterocycles. The van der Waals surface area contributed by atoms with Crippen molar-refractivity contribution in [1.82, 2.24) is 5.32 Å². The van der Waals surface area contributed by atoms with Crippen LogP contribution in [0.2, 0.25) is 0 Å². The lowest BCUT2D eigenvalue weighted by atomic mass is 9.86. The second kappa shape index (κ2) is 5.60. The molecule has 3 rings (SSSR count). The highest BCUT2D eigenvalue weighted by atomic mass is 79.9. The van der Waals surface area contributed by atoms with Gasteiger partial charge in [-0.25, -0.2) is 4.39 Å². The molecule has 1 aromatic rings. The van der Waals surface area contributed by atoms with Gasteiger partial charge in [0, 0.05) is 18.2 Å². The van der Waals surface area contributed by atoms with Crippen molar-refractivity contribution in [2.75, 3.05) is 13.2 Å². The van der Waals surface area contributed by atoms with Gasteiger partial charge in [0.25, 0.3) is 0 Å². The predicted octanol–water partition coefficient (Wildman–Crippen LogP) is 2.73. The molecular weight excluding hydrogens is 325 g/mol. The minimum atomic E-state index is -0.323. The summed E-state index contributed by atoms with van der Waals surface area (Å²) in [6, 6.07) is 3.05. The number of aliphatic imine (C=N–C) groups is 1. The molecule has 6 heteroatoms. The van der Waals surface area contributed by atoms with Crippen molar-refractivity contribution in [1.29, 1.82) is 0 Å². The zero-order valence-corrected chi connectivity index (χ0v) is 12.6. The average molecular weight is 342 g/mol. The Morgan fingerprint density at radius 1 is 1.50 bits per heavy atom. The first-order valence-corrected chi connectivity index (χ1v) is 7.61. The Balaban J connectivity index is 1.66. The number of benzene rings is 1. The number of ether oxygens (including phenoxy) is 1. The van der Waals surface area contributed by atoms with E-state index in [1.165, 1.54) is 25.3 Å². The third kappa shape index (κ3) is 2.75. The number of halogens is 2. The highest BCUT2D eigenvalue weighted by Crippen LogP contribution is 2.36. The van der Waals surface area contributed by atoms with Gasteiger partial charge in [0.15, 0.2) is 5.96 Å². The van der Waals surface area contributed by atoms with Crippen LogP contribution in [0.15, 0.2) is 21.6 Å². The summed E-state index contributed by atoms with van der Waals surface area (Å²) >= 11 is 3.19. The summed E-state index contributed by atoms with van der Waals surface area (Å²) in [6.45, 7) is 1.22. The van der Waals surface area contributed by atoms with E-state index in [1.54, 1.807) is 6.07 Å². The van der Waals surface area contributed by atoms with Gasteiger partial charge in [0.1, 0.15) is 18.2 Å². The van der Waals surface area contributed by atoms with Gasteiger partial charge in [-0.05, 0) is 40.8 Å². The van der Waals surface area contributed by atoms with Crippen LogP contribution in [0.1, 0.15) is 30.9 Å². The second-order valence-electron chi connectivity index (χ2n) is 5.33. The molecule has 0 saturated heterocycles. The third-order valence-corrected chi connectivity index (χ3v) is 4.51. The molecule has 1 aliphatic heterocycles. The largest absolute Gasteiger partial charge is 0.491 e. The van der Waals surface area contributed by atoms with Crippen LogP contribution in [0.4, 0.5) is 4.39 Å². The molecule has 1 atom stereocenters. The molecule has 1 aliphatic carbocycles. The van der Waals surface area contributed by atoms with Crippen molar-refractivity contribution in [3.8, 4) is 5.75 Å². The summed E-state index contributed by atoms with van der Waals surface area (Å²) in [6.07, 6.45) is 3.80. The maximum Gasteiger partial charge on any atom is 0.189 e. The average Bonchev–Trinajstić information content (AvgIpc) is 2.71. The topological polar surface area (TPSA) is 59.6 Å². The molecule has 1 aromatic carbocycles. The van der Waals surface area contributed by atoms with Crippen LogP contribution in [-0.4, -0.2) is 19.1 Å². The van der Waals surface area contributed by atoms with Gasteiger partial charge in [-0.3, -0.25) is 4.99 Å². The monoisotopic (exact) mass is 341 g/mol. The first-order valence-electron chi connectivity index (χ1n) is 6.81. The van der Waals surface area contributed by atoms with Crippen LogP contribution in [0.5, 0.6) is 5.75 Å². The maximum absolute atomic E-state index is 13.4. The van der Waals surface area contributed by atoms with E-state index in [2.05, 4.69) is 26.2 Å². The van der Waals surface area contributed by atoms with Gasteiger partial charge in [-0.2, -0.15) is 0 Å². The van der Waals surface area contributed by atoms with E-state index < -0.39 is 0 Å². The summed E-state index contributed by atoms with van der Waals surface area (Å²) in [7, 11) is 0. The van der Waals surface area contributed by atoms with E-state index in [0.29, 0.717) is 28.7 Å². The van der Waals surface area contributed by atoms with Crippen molar-refractivity contribution >= 4 is 21.9 Å². The summed E-state index contributed by atoms with van der Waals surface area (Å²) in [5.74, 6) is 1.36. The standard InChI is InChI=1S/C14H17BrFN3O/c15-10-4-9-12(7-20-13(9)5-11(10)16)19-14(17)18-6-8-2-1-3-8/h4-5,8,12H,1-3,6-7H2,(H3,17,18,19). The molecule has 3 N–H and O–H groups in total. The lowest BCUT2D eigenvalue weighted by Gasteiger charge is -2.23. The first-order chi connectivity index (χ1) is 9.63. The van der Waals surface area contributed by atoms with Crippen LogP contribution in [0.25, 0.3) is 0 Å². The fourth-order valence-corrected chi connectivity index (χ4v) is 2.81. The molecule has 20 heavy (non-hydrogen) atoms. The molecule has 4 nitrogen and oxygen atoms in total. The smallest absolute Gasteiger partial charge is 0.189 e. The highest BCUT2D eigenvalue weighted by Gasteiger charge is 2.26. The van der Waals surface area contributed by atoms with Crippen molar-refractivity contribution in [3.05, 3.63) is 28.0 Å². The fraction of sp³-hybridized carbons (Fsp3) is 0.500. The van der Waals surface area contributed by atoms with Crippen LogP contribution < -0.4 is 15.8 Å². The minimum absolute atomic E-state index is 0.0768. The maximum atomic E-state index is 13.4. The second-order valence-corrected chi connectivity index (χ2v) is 6.19. The van der Waals surface area contributed by atoms with E-state index in [9.17, 15) is 4.39 Å². The number of nitrogens with one attached hydrogen (secondary N) is 1. The molecule has 0 amide bonds. The molecule has 1 unspecified atom stereocenters. The minimum Gasteiger partial charge on any atom is -0.491 e. The molecule has 108 valence electrons. The molecule has 1 saturated carbocycles. The third-order valence-electron chi connectivity index (χ3n) is 3.90. The summed E-state index contributed by atoms with van der Waals surface area (Å²) in [5.41, 5.74) is 6.81. The number of hydrogen-bond donors (Lipinski definition) is 2. The van der Waals surface area contributed by atoms with Gasteiger partial charge in [-0.15, -0.1) is 0 Å². The number of fused-ring (bicyclic) bond motifs is 1. The van der Waals surface area contributed by atoms with Gasteiger partial charge < -0.3 is 15.8 Å². The highest BCUT2D eigenvalue weighted by molar-refractivity contribution is 9.10. The molecular formula is C14H17BrFN3O. The number of rotatable bonds is 3. The van der Waals surface area contributed by atoms with Crippen molar-refractivity contribution in [2.24, 2.45) is 16.6 Å². The Morgan fingerprint density at radius 2 is 2.30 bits per heavy atom. The van der Waals surface area contributed by atoms with Crippen molar-refractivity contribution < 1.29 is 9.13 Å². The van der Waals surface area contributed by atoms with Crippen LogP contribution >= 0.6 is 15.9 Å². The summed E-state index contributed by atoms with van der Waals surface area (Å²) in [5, 5.41) is 3.14. The van der Waals surface area contributed by atoms with E-state index in [0.717, 1.165) is 12.1 Å². The number of hydrogen-bond acceptors (Lipinski definition) is 2. The fourth-order valence-electron chi connectivity index (χ4n) is 2.45. The van der Waals surface area contributed by atoms with E-state index in [-0.39, 0.29) is 11.9 Å². The van der Waals surface area contributed by atoms with Gasteiger partial charge in [0.05, 0.1) is 10.5 Å².